The first-order valence-electron chi connectivity index (χ1n) is 9.88. The lowest BCUT2D eigenvalue weighted by Crippen LogP contribution is -2.38. The molecular weight excluding hydrogens is 364 g/mol. The van der Waals surface area contributed by atoms with Gasteiger partial charge in [-0.25, -0.2) is 4.79 Å². The first-order valence-corrected chi connectivity index (χ1v) is 11.1. The van der Waals surface area contributed by atoms with Gasteiger partial charge in [-0.15, -0.1) is 11.3 Å². The molecule has 1 fully saturated rings. The first-order chi connectivity index (χ1) is 12.6. The van der Waals surface area contributed by atoms with E-state index >= 15 is 0 Å². The molecule has 0 radical (unpaired) electrons. The van der Waals surface area contributed by atoms with E-state index in [0.717, 1.165) is 29.8 Å². The normalized spacial score (nSPS) is 21.2. The number of carbonyl (C=O) groups excluding carboxylic acids is 1. The van der Waals surface area contributed by atoms with Crippen LogP contribution in [0.1, 0.15) is 79.1 Å². The predicted octanol–water partition coefficient (Wildman–Crippen LogP) is 5.06. The molecule has 0 saturated heterocycles. The number of hydrogen-bond acceptors (Lipinski definition) is 4. The monoisotopic (exact) mass is 394 g/mol. The molecule has 1 heterocycles. The van der Waals surface area contributed by atoms with Crippen molar-refractivity contribution < 1.29 is 9.53 Å². The highest BCUT2D eigenvalue weighted by molar-refractivity contribution is 7.80. The van der Waals surface area contributed by atoms with Crippen LogP contribution in [0.3, 0.4) is 0 Å². The fourth-order valence-electron chi connectivity index (χ4n) is 4.08. The van der Waals surface area contributed by atoms with Crippen LogP contribution in [0.4, 0.5) is 5.00 Å². The van der Waals surface area contributed by atoms with Crippen LogP contribution in [-0.2, 0) is 17.6 Å². The van der Waals surface area contributed by atoms with Crippen LogP contribution in [0, 0.1) is 5.92 Å². The second-order valence-corrected chi connectivity index (χ2v) is 9.20. The van der Waals surface area contributed by atoms with Crippen molar-refractivity contribution in [1.82, 2.24) is 5.32 Å². The van der Waals surface area contributed by atoms with Crippen molar-refractivity contribution in [2.45, 2.75) is 77.2 Å². The zero-order valence-electron chi connectivity index (χ0n) is 15.9. The molecule has 2 aliphatic rings. The third-order valence-corrected chi connectivity index (χ3v) is 6.96. The molecule has 0 unspecified atom stereocenters. The zero-order valence-corrected chi connectivity index (χ0v) is 17.5. The number of carbonyl (C=O) groups is 1. The molecule has 26 heavy (non-hydrogen) atoms. The second-order valence-electron chi connectivity index (χ2n) is 7.69. The number of nitrogens with one attached hydrogen (secondary N) is 2. The molecule has 4 nitrogen and oxygen atoms in total. The minimum atomic E-state index is -0.256. The molecule has 3 rings (SSSR count). The molecule has 0 aliphatic heterocycles. The Balaban J connectivity index is 1.71. The van der Waals surface area contributed by atoms with Crippen molar-refractivity contribution in [2.75, 3.05) is 12.4 Å². The average molecular weight is 395 g/mol. The van der Waals surface area contributed by atoms with E-state index in [0.29, 0.717) is 22.6 Å². The number of esters is 1. The molecule has 1 aromatic heterocycles. The van der Waals surface area contributed by atoms with E-state index in [9.17, 15) is 4.79 Å². The Morgan fingerprint density at radius 1 is 1.15 bits per heavy atom. The number of fused-ring (bicyclic) bond motifs is 1. The van der Waals surface area contributed by atoms with Crippen molar-refractivity contribution in [3.63, 3.8) is 0 Å². The summed E-state index contributed by atoms with van der Waals surface area (Å²) in [5.74, 6) is 0.410. The van der Waals surface area contributed by atoms with Gasteiger partial charge in [-0.2, -0.15) is 0 Å². The number of thiocarbonyl (C=S) groups is 1. The molecule has 0 spiro atoms. The van der Waals surface area contributed by atoms with Crippen LogP contribution in [0.2, 0.25) is 0 Å². The number of anilines is 1. The lowest BCUT2D eigenvalue weighted by atomic mass is 9.88. The van der Waals surface area contributed by atoms with Crippen molar-refractivity contribution in [2.24, 2.45) is 5.92 Å². The van der Waals surface area contributed by atoms with E-state index in [-0.39, 0.29) is 5.97 Å². The van der Waals surface area contributed by atoms with Crippen molar-refractivity contribution in [1.29, 1.82) is 0 Å². The summed E-state index contributed by atoms with van der Waals surface area (Å²) in [5.41, 5.74) is 1.86. The van der Waals surface area contributed by atoms with E-state index in [1.807, 2.05) is 0 Å². The first kappa shape index (κ1) is 19.6. The van der Waals surface area contributed by atoms with Gasteiger partial charge in [0.15, 0.2) is 5.11 Å². The maximum absolute atomic E-state index is 12.4. The minimum absolute atomic E-state index is 0.256. The molecule has 0 amide bonds. The molecule has 1 aromatic rings. The van der Waals surface area contributed by atoms with Gasteiger partial charge in [0, 0.05) is 10.9 Å². The van der Waals surface area contributed by atoms with Gasteiger partial charge in [0.1, 0.15) is 5.00 Å². The van der Waals surface area contributed by atoms with Gasteiger partial charge in [-0.3, -0.25) is 0 Å². The summed E-state index contributed by atoms with van der Waals surface area (Å²) in [4.78, 5) is 13.7. The molecule has 6 heteroatoms. The minimum Gasteiger partial charge on any atom is -0.465 e. The number of thiophene rings is 1. The van der Waals surface area contributed by atoms with Gasteiger partial charge in [0.05, 0.1) is 12.7 Å². The SMILES string of the molecule is COC(=O)c1c(NC(=S)NC2CCCCCCC2)sc2c1CC[C@H](C)C2. The van der Waals surface area contributed by atoms with Crippen molar-refractivity contribution >= 4 is 39.6 Å². The Hall–Kier alpha value is -1.14. The fraction of sp³-hybridized carbons (Fsp3) is 0.700. The van der Waals surface area contributed by atoms with Crippen LogP contribution in [-0.4, -0.2) is 24.2 Å². The third kappa shape index (κ3) is 4.77. The Morgan fingerprint density at radius 3 is 2.54 bits per heavy atom. The number of methoxy groups -OCH3 is 1. The highest BCUT2D eigenvalue weighted by Gasteiger charge is 2.28. The Morgan fingerprint density at radius 2 is 1.85 bits per heavy atom. The quantitative estimate of drug-likeness (QED) is 0.554. The largest absolute Gasteiger partial charge is 0.465 e. The number of rotatable bonds is 3. The van der Waals surface area contributed by atoms with E-state index in [4.69, 9.17) is 17.0 Å². The molecule has 0 bridgehead atoms. The predicted molar refractivity (Wildman–Crippen MR) is 112 cm³/mol. The highest BCUT2D eigenvalue weighted by Crippen LogP contribution is 2.40. The van der Waals surface area contributed by atoms with Gasteiger partial charge < -0.3 is 15.4 Å². The summed E-state index contributed by atoms with van der Waals surface area (Å²) in [7, 11) is 1.45. The van der Waals surface area contributed by atoms with E-state index in [1.54, 1.807) is 11.3 Å². The number of ether oxygens (including phenoxy) is 1. The van der Waals surface area contributed by atoms with E-state index in [2.05, 4.69) is 17.6 Å². The molecule has 1 atom stereocenters. The number of hydrogen-bond donors (Lipinski definition) is 2. The van der Waals surface area contributed by atoms with E-state index < -0.39 is 0 Å². The fourth-order valence-corrected chi connectivity index (χ4v) is 5.82. The highest BCUT2D eigenvalue weighted by atomic mass is 32.1. The Labute approximate surface area is 166 Å². The maximum atomic E-state index is 12.4. The smallest absolute Gasteiger partial charge is 0.341 e. The second kappa shape index (κ2) is 9.18. The molecule has 2 aliphatic carbocycles. The molecule has 0 aromatic carbocycles. The molecular formula is C20H30N2O2S2. The maximum Gasteiger partial charge on any atom is 0.341 e. The van der Waals surface area contributed by atoms with Crippen LogP contribution < -0.4 is 10.6 Å². The summed E-state index contributed by atoms with van der Waals surface area (Å²) in [6.45, 7) is 2.27. The topological polar surface area (TPSA) is 50.4 Å². The van der Waals surface area contributed by atoms with Crippen LogP contribution >= 0.6 is 23.6 Å². The third-order valence-electron chi connectivity index (χ3n) is 5.57. The van der Waals surface area contributed by atoms with E-state index in [1.165, 1.54) is 56.9 Å². The standard InChI is InChI=1S/C20H30N2O2S2/c1-13-10-11-15-16(12-13)26-18(17(15)19(23)24-2)22-20(25)21-14-8-6-4-3-5-7-9-14/h13-14H,3-12H2,1-2H3,(H2,21,22,25)/t13-/m0/s1. The summed E-state index contributed by atoms with van der Waals surface area (Å²) in [6.07, 6.45) is 12.0. The van der Waals surface area contributed by atoms with Gasteiger partial charge >= 0.3 is 5.97 Å². The van der Waals surface area contributed by atoms with Gasteiger partial charge in [0.2, 0.25) is 0 Å². The average Bonchev–Trinajstić information content (AvgIpc) is 2.93. The Kier molecular flexibility index (Phi) is 6.92. The lowest BCUT2D eigenvalue weighted by molar-refractivity contribution is 0.0601. The summed E-state index contributed by atoms with van der Waals surface area (Å²) >= 11 is 7.24. The summed E-state index contributed by atoms with van der Waals surface area (Å²) < 4.78 is 5.05. The molecule has 2 N–H and O–H groups in total. The Bertz CT molecular complexity index is 648. The van der Waals surface area contributed by atoms with Gasteiger partial charge in [0.25, 0.3) is 0 Å². The van der Waals surface area contributed by atoms with Gasteiger partial charge in [-0.1, -0.05) is 39.0 Å². The van der Waals surface area contributed by atoms with Gasteiger partial charge in [-0.05, 0) is 55.8 Å². The van der Waals surface area contributed by atoms with Crippen molar-refractivity contribution in [3.8, 4) is 0 Å². The summed E-state index contributed by atoms with van der Waals surface area (Å²) in [5, 5.41) is 8.28. The molecule has 144 valence electrons. The van der Waals surface area contributed by atoms with Crippen molar-refractivity contribution in [3.05, 3.63) is 16.0 Å². The molecule has 1 saturated carbocycles. The van der Waals surface area contributed by atoms with Crippen LogP contribution in [0.15, 0.2) is 0 Å². The lowest BCUT2D eigenvalue weighted by Gasteiger charge is -2.22. The summed E-state index contributed by atoms with van der Waals surface area (Å²) in [6, 6.07) is 0.437. The zero-order chi connectivity index (χ0) is 18.5. The van der Waals surface area contributed by atoms with Crippen LogP contribution in [0.5, 0.6) is 0 Å². The van der Waals surface area contributed by atoms with Crippen LogP contribution in [0.25, 0.3) is 0 Å².